The van der Waals surface area contributed by atoms with Crippen LogP contribution in [0.2, 0.25) is 0 Å². The largest absolute Gasteiger partial charge is 0.370 e. The first kappa shape index (κ1) is 20.1. The maximum atomic E-state index is 12.0. The fraction of sp³-hybridized carbons (Fsp3) is 0.480. The van der Waals surface area contributed by atoms with E-state index < -0.39 is 0 Å². The molecule has 0 aliphatic carbocycles. The maximum absolute atomic E-state index is 12.0. The Kier molecular flexibility index (Phi) is 6.31. The van der Waals surface area contributed by atoms with Crippen LogP contribution in [0, 0.1) is 5.92 Å². The number of nitrogens with zero attached hydrogens (tertiary/aromatic N) is 2. The van der Waals surface area contributed by atoms with Crippen LogP contribution in [0.1, 0.15) is 43.2 Å². The number of hydrogen-bond acceptors (Lipinski definition) is 3. The first-order chi connectivity index (χ1) is 14.2. The molecule has 0 aromatic heterocycles. The second kappa shape index (κ2) is 9.10. The van der Waals surface area contributed by atoms with Crippen molar-refractivity contribution in [1.82, 2.24) is 9.80 Å². The van der Waals surface area contributed by atoms with Crippen molar-refractivity contribution in [3.05, 3.63) is 71.8 Å². The predicted octanol–water partition coefficient (Wildman–Crippen LogP) is 3.61. The molecule has 0 radical (unpaired) electrons. The van der Waals surface area contributed by atoms with Crippen LogP contribution in [0.3, 0.4) is 0 Å². The maximum Gasteiger partial charge on any atom is 0.217 e. The summed E-state index contributed by atoms with van der Waals surface area (Å²) in [6, 6.07) is 21.5. The molecule has 2 aliphatic heterocycles. The van der Waals surface area contributed by atoms with Gasteiger partial charge in [-0.1, -0.05) is 67.1 Å². The summed E-state index contributed by atoms with van der Waals surface area (Å²) < 4.78 is 0. The third-order valence-electron chi connectivity index (χ3n) is 6.85. The van der Waals surface area contributed by atoms with Gasteiger partial charge >= 0.3 is 0 Å². The van der Waals surface area contributed by atoms with Gasteiger partial charge in [-0.15, -0.1) is 0 Å². The van der Waals surface area contributed by atoms with E-state index in [1.54, 1.807) is 0 Å². The quantitative estimate of drug-likeness (QED) is 0.784. The van der Waals surface area contributed by atoms with Gasteiger partial charge in [0.2, 0.25) is 5.91 Å². The molecule has 154 valence electrons. The molecule has 4 nitrogen and oxygen atoms in total. The predicted molar refractivity (Wildman–Crippen MR) is 117 cm³/mol. The van der Waals surface area contributed by atoms with Crippen LogP contribution in [-0.2, 0) is 10.3 Å². The number of rotatable bonds is 7. The molecular formula is C25H33N3O. The number of carbonyl (C=O) groups is 1. The number of piperidine rings is 1. The van der Waals surface area contributed by atoms with Crippen molar-refractivity contribution in [2.24, 2.45) is 11.7 Å². The summed E-state index contributed by atoms with van der Waals surface area (Å²) in [5, 5.41) is 0. The molecule has 1 amide bonds. The van der Waals surface area contributed by atoms with E-state index in [4.69, 9.17) is 5.73 Å². The summed E-state index contributed by atoms with van der Waals surface area (Å²) >= 11 is 0. The number of primary amides is 1. The van der Waals surface area contributed by atoms with Crippen molar-refractivity contribution >= 4 is 5.91 Å². The zero-order valence-electron chi connectivity index (χ0n) is 17.3. The van der Waals surface area contributed by atoms with Crippen molar-refractivity contribution in [3.8, 4) is 0 Å². The number of likely N-dealkylation sites (tertiary alicyclic amines) is 2. The Morgan fingerprint density at radius 1 is 0.862 bits per heavy atom. The van der Waals surface area contributed by atoms with Crippen LogP contribution in [-0.4, -0.2) is 48.4 Å². The lowest BCUT2D eigenvalue weighted by molar-refractivity contribution is -0.119. The molecule has 0 bridgehead atoms. The van der Waals surface area contributed by atoms with Gasteiger partial charge in [-0.3, -0.25) is 9.69 Å². The lowest BCUT2D eigenvalue weighted by Crippen LogP contribution is -2.50. The molecule has 29 heavy (non-hydrogen) atoms. The van der Waals surface area contributed by atoms with Crippen LogP contribution in [0.15, 0.2) is 60.7 Å². The topological polar surface area (TPSA) is 49.6 Å². The minimum Gasteiger partial charge on any atom is -0.370 e. The average Bonchev–Trinajstić information content (AvgIpc) is 3.12. The highest BCUT2D eigenvalue weighted by atomic mass is 16.1. The molecule has 0 spiro atoms. The average molecular weight is 392 g/mol. The number of amides is 1. The van der Waals surface area contributed by atoms with Gasteiger partial charge in [-0.25, -0.2) is 0 Å². The van der Waals surface area contributed by atoms with E-state index >= 15 is 0 Å². The van der Waals surface area contributed by atoms with Crippen LogP contribution < -0.4 is 5.73 Å². The summed E-state index contributed by atoms with van der Waals surface area (Å²) in [5.74, 6) is -0.0183. The van der Waals surface area contributed by atoms with Gasteiger partial charge in [-0.2, -0.15) is 0 Å². The van der Waals surface area contributed by atoms with E-state index in [9.17, 15) is 4.79 Å². The number of benzene rings is 2. The summed E-state index contributed by atoms with van der Waals surface area (Å²) in [5.41, 5.74) is 7.97. The van der Waals surface area contributed by atoms with E-state index in [0.717, 1.165) is 26.1 Å². The monoisotopic (exact) mass is 391 g/mol. The van der Waals surface area contributed by atoms with Crippen LogP contribution in [0.25, 0.3) is 0 Å². The van der Waals surface area contributed by atoms with Gasteiger partial charge < -0.3 is 10.6 Å². The fourth-order valence-corrected chi connectivity index (χ4v) is 5.57. The molecule has 2 saturated heterocycles. The van der Waals surface area contributed by atoms with E-state index in [1.165, 1.54) is 43.5 Å². The Bertz CT molecular complexity index is 747. The second-order valence-corrected chi connectivity index (χ2v) is 8.54. The molecule has 4 rings (SSSR count). The Balaban J connectivity index is 1.73. The van der Waals surface area contributed by atoms with Crippen LogP contribution in [0.4, 0.5) is 0 Å². The van der Waals surface area contributed by atoms with Gasteiger partial charge in [0.05, 0.1) is 5.54 Å². The molecular weight excluding hydrogens is 358 g/mol. The van der Waals surface area contributed by atoms with E-state index in [2.05, 4.69) is 70.5 Å². The van der Waals surface area contributed by atoms with Gasteiger partial charge in [-0.05, 0) is 55.9 Å². The first-order valence-electron chi connectivity index (χ1n) is 11.1. The summed E-state index contributed by atoms with van der Waals surface area (Å²) in [4.78, 5) is 17.2. The van der Waals surface area contributed by atoms with Crippen molar-refractivity contribution in [1.29, 1.82) is 0 Å². The summed E-state index contributed by atoms with van der Waals surface area (Å²) in [6.45, 7) is 5.52. The SMILES string of the molecule is NC(=O)CC1CCN(CCN2CCCCC2)C1(c1ccccc1)c1ccccc1. The number of carbonyl (C=O) groups excluding carboxylic acids is 1. The molecule has 2 N–H and O–H groups in total. The molecule has 2 fully saturated rings. The highest BCUT2D eigenvalue weighted by Crippen LogP contribution is 2.49. The minimum atomic E-state index is -0.298. The molecule has 2 heterocycles. The standard InChI is InChI=1S/C25H33N3O/c26-24(29)20-23-14-17-28(19-18-27-15-8-3-9-16-27)25(23,21-10-4-1-5-11-21)22-12-6-2-7-13-22/h1-2,4-7,10-13,23H,3,8-9,14-20H2,(H2,26,29). The van der Waals surface area contributed by atoms with Gasteiger partial charge in [0.15, 0.2) is 0 Å². The Hall–Kier alpha value is -2.17. The fourth-order valence-electron chi connectivity index (χ4n) is 5.57. The molecule has 1 atom stereocenters. The van der Waals surface area contributed by atoms with Crippen molar-refractivity contribution in [3.63, 3.8) is 0 Å². The summed E-state index contributed by atoms with van der Waals surface area (Å²) in [6.07, 6.45) is 5.40. The Morgan fingerprint density at radius 2 is 1.45 bits per heavy atom. The van der Waals surface area contributed by atoms with Gasteiger partial charge in [0.25, 0.3) is 0 Å². The Labute approximate surface area is 174 Å². The van der Waals surface area contributed by atoms with Crippen molar-refractivity contribution in [2.45, 2.75) is 37.6 Å². The summed E-state index contributed by atoms with van der Waals surface area (Å²) in [7, 11) is 0. The molecule has 2 aliphatic rings. The lowest BCUT2D eigenvalue weighted by atomic mass is 9.72. The highest BCUT2D eigenvalue weighted by molar-refractivity contribution is 5.74. The van der Waals surface area contributed by atoms with Gasteiger partial charge in [0.1, 0.15) is 0 Å². The number of hydrogen-bond donors (Lipinski definition) is 1. The van der Waals surface area contributed by atoms with Gasteiger partial charge in [0, 0.05) is 19.5 Å². The van der Waals surface area contributed by atoms with Crippen molar-refractivity contribution < 1.29 is 4.79 Å². The first-order valence-corrected chi connectivity index (χ1v) is 11.1. The molecule has 1 unspecified atom stereocenters. The lowest BCUT2D eigenvalue weighted by Gasteiger charge is -2.44. The van der Waals surface area contributed by atoms with E-state index in [-0.39, 0.29) is 17.4 Å². The highest BCUT2D eigenvalue weighted by Gasteiger charge is 2.51. The Morgan fingerprint density at radius 3 is 2.00 bits per heavy atom. The minimum absolute atomic E-state index is 0.186. The molecule has 4 heteroatoms. The smallest absolute Gasteiger partial charge is 0.217 e. The molecule has 2 aromatic rings. The molecule has 2 aromatic carbocycles. The second-order valence-electron chi connectivity index (χ2n) is 8.54. The number of nitrogens with two attached hydrogens (primary N) is 1. The zero-order chi connectivity index (χ0) is 20.1. The van der Waals surface area contributed by atoms with E-state index in [1.807, 2.05) is 0 Å². The van der Waals surface area contributed by atoms with Crippen molar-refractivity contribution in [2.75, 3.05) is 32.7 Å². The van der Waals surface area contributed by atoms with Crippen LogP contribution >= 0.6 is 0 Å². The third kappa shape index (κ3) is 4.10. The van der Waals surface area contributed by atoms with E-state index in [0.29, 0.717) is 6.42 Å². The van der Waals surface area contributed by atoms with Crippen LogP contribution in [0.5, 0.6) is 0 Å². The molecule has 0 saturated carbocycles. The normalized spacial score (nSPS) is 22.6. The third-order valence-corrected chi connectivity index (χ3v) is 6.85. The zero-order valence-corrected chi connectivity index (χ0v) is 17.3.